The first-order chi connectivity index (χ1) is 12.2. The minimum absolute atomic E-state index is 0.239. The zero-order chi connectivity index (χ0) is 17.2. The Kier molecular flexibility index (Phi) is 5.09. The van der Waals surface area contributed by atoms with Crippen LogP contribution in [0, 0.1) is 11.8 Å². The molecule has 2 bridgehead atoms. The lowest BCUT2D eigenvalue weighted by molar-refractivity contribution is 0.0504. The zero-order valence-corrected chi connectivity index (χ0v) is 15.5. The van der Waals surface area contributed by atoms with Crippen LogP contribution in [0.1, 0.15) is 41.6 Å². The molecule has 3 fully saturated rings. The number of hydrogen-bond acceptors (Lipinski definition) is 3. The number of amides is 1. The number of piperidine rings is 1. The third-order valence-corrected chi connectivity index (χ3v) is 6.34. The minimum Gasteiger partial charge on any atom is -0.338 e. The largest absolute Gasteiger partial charge is 0.338 e. The van der Waals surface area contributed by atoms with Gasteiger partial charge in [0.1, 0.15) is 0 Å². The first kappa shape index (κ1) is 17.0. The lowest BCUT2D eigenvalue weighted by Gasteiger charge is -2.41. The minimum atomic E-state index is 0.239. The molecule has 0 aromatic heterocycles. The predicted octanol–water partition coefficient (Wildman–Crippen LogP) is 2.70. The van der Waals surface area contributed by atoms with Gasteiger partial charge in [0.05, 0.1) is 0 Å². The van der Waals surface area contributed by atoms with Crippen LogP contribution in [0.4, 0.5) is 0 Å². The highest BCUT2D eigenvalue weighted by atomic mass is 16.2. The molecule has 2 heterocycles. The molecule has 25 heavy (non-hydrogen) atoms. The molecule has 2 atom stereocenters. The number of benzene rings is 1. The molecule has 4 nitrogen and oxygen atoms in total. The van der Waals surface area contributed by atoms with Crippen LogP contribution in [0.3, 0.4) is 0 Å². The van der Waals surface area contributed by atoms with Gasteiger partial charge in [-0.15, -0.1) is 0 Å². The van der Waals surface area contributed by atoms with Gasteiger partial charge >= 0.3 is 0 Å². The fourth-order valence-corrected chi connectivity index (χ4v) is 4.80. The molecule has 3 aliphatic rings. The Morgan fingerprint density at radius 2 is 1.64 bits per heavy atom. The Hall–Kier alpha value is -1.39. The number of fused-ring (bicyclic) bond motifs is 2. The van der Waals surface area contributed by atoms with Crippen LogP contribution in [0.15, 0.2) is 24.3 Å². The summed E-state index contributed by atoms with van der Waals surface area (Å²) in [6, 6.07) is 8.38. The van der Waals surface area contributed by atoms with Gasteiger partial charge in [0.15, 0.2) is 0 Å². The molecule has 2 aliphatic heterocycles. The maximum atomic E-state index is 12.9. The van der Waals surface area contributed by atoms with Gasteiger partial charge in [0.2, 0.25) is 0 Å². The molecule has 1 aliphatic carbocycles. The summed E-state index contributed by atoms with van der Waals surface area (Å²) in [6.45, 7) is 7.50. The topological polar surface area (TPSA) is 26.8 Å². The second kappa shape index (κ2) is 7.46. The van der Waals surface area contributed by atoms with E-state index in [1.165, 1.54) is 31.2 Å². The van der Waals surface area contributed by atoms with E-state index >= 15 is 0 Å². The fraction of sp³-hybridized carbons (Fsp3) is 0.667. The van der Waals surface area contributed by atoms with Gasteiger partial charge in [0.25, 0.3) is 5.91 Å². The van der Waals surface area contributed by atoms with Crippen molar-refractivity contribution in [2.45, 2.75) is 32.2 Å². The van der Waals surface area contributed by atoms with Crippen molar-refractivity contribution in [2.75, 3.05) is 46.3 Å². The molecule has 0 N–H and O–H groups in total. The van der Waals surface area contributed by atoms with Crippen molar-refractivity contribution in [2.24, 2.45) is 11.8 Å². The summed E-state index contributed by atoms with van der Waals surface area (Å²) in [5, 5.41) is 0. The average molecular weight is 341 g/mol. The van der Waals surface area contributed by atoms with Crippen LogP contribution in [0.5, 0.6) is 0 Å². The number of hydrogen-bond donors (Lipinski definition) is 0. The number of rotatable bonds is 3. The smallest absolute Gasteiger partial charge is 0.253 e. The monoisotopic (exact) mass is 341 g/mol. The van der Waals surface area contributed by atoms with Gasteiger partial charge in [-0.25, -0.2) is 0 Å². The van der Waals surface area contributed by atoms with E-state index in [9.17, 15) is 4.79 Å². The van der Waals surface area contributed by atoms with Gasteiger partial charge in [0, 0.05) is 51.4 Å². The number of likely N-dealkylation sites (tertiary alicyclic amines) is 1. The highest BCUT2D eigenvalue weighted by Gasteiger charge is 2.32. The molecule has 0 radical (unpaired) electrons. The Labute approximate surface area is 151 Å². The van der Waals surface area contributed by atoms with Crippen molar-refractivity contribution < 1.29 is 4.79 Å². The molecule has 1 saturated carbocycles. The van der Waals surface area contributed by atoms with Gasteiger partial charge in [-0.2, -0.15) is 0 Å². The molecule has 1 aromatic rings. The summed E-state index contributed by atoms with van der Waals surface area (Å²) in [7, 11) is 2.19. The van der Waals surface area contributed by atoms with Crippen LogP contribution < -0.4 is 0 Å². The summed E-state index contributed by atoms with van der Waals surface area (Å²) in [5.74, 6) is 1.73. The van der Waals surface area contributed by atoms with Crippen molar-refractivity contribution in [3.63, 3.8) is 0 Å². The summed E-state index contributed by atoms with van der Waals surface area (Å²) >= 11 is 0. The van der Waals surface area contributed by atoms with E-state index < -0.39 is 0 Å². The first-order valence-corrected chi connectivity index (χ1v) is 9.96. The molecule has 1 aromatic carbocycles. The number of carbonyl (C=O) groups excluding carboxylic acids is 1. The van der Waals surface area contributed by atoms with Gasteiger partial charge in [-0.3, -0.25) is 9.69 Å². The Morgan fingerprint density at radius 3 is 2.28 bits per heavy atom. The van der Waals surface area contributed by atoms with E-state index in [0.29, 0.717) is 0 Å². The van der Waals surface area contributed by atoms with Crippen molar-refractivity contribution in [3.05, 3.63) is 35.4 Å². The molecule has 2 saturated heterocycles. The summed E-state index contributed by atoms with van der Waals surface area (Å²) in [4.78, 5) is 19.9. The summed E-state index contributed by atoms with van der Waals surface area (Å²) in [6.07, 6.45) is 5.32. The number of nitrogens with zero attached hydrogens (tertiary/aromatic N) is 3. The Balaban J connectivity index is 1.35. The van der Waals surface area contributed by atoms with Crippen molar-refractivity contribution in [3.8, 4) is 0 Å². The third-order valence-electron chi connectivity index (χ3n) is 6.34. The fourth-order valence-electron chi connectivity index (χ4n) is 4.80. The van der Waals surface area contributed by atoms with Gasteiger partial charge in [-0.05, 0) is 55.8 Å². The first-order valence-electron chi connectivity index (χ1n) is 9.96. The predicted molar refractivity (Wildman–Crippen MR) is 101 cm³/mol. The van der Waals surface area contributed by atoms with E-state index in [4.69, 9.17) is 0 Å². The van der Waals surface area contributed by atoms with Crippen molar-refractivity contribution >= 4 is 5.91 Å². The molecule has 1 amide bonds. The Morgan fingerprint density at radius 1 is 1.00 bits per heavy atom. The average Bonchev–Trinajstić information content (AvgIpc) is 2.63. The van der Waals surface area contributed by atoms with E-state index in [0.717, 1.165) is 63.2 Å². The van der Waals surface area contributed by atoms with Crippen LogP contribution >= 0.6 is 0 Å². The second-order valence-corrected chi connectivity index (χ2v) is 8.39. The molecule has 0 spiro atoms. The lowest BCUT2D eigenvalue weighted by atomic mass is 9.78. The third kappa shape index (κ3) is 4.06. The van der Waals surface area contributed by atoms with E-state index in [2.05, 4.69) is 33.9 Å². The van der Waals surface area contributed by atoms with Crippen LogP contribution in [-0.4, -0.2) is 66.9 Å². The number of carbonyl (C=O) groups is 1. The molecule has 4 heteroatoms. The van der Waals surface area contributed by atoms with Crippen LogP contribution in [0.2, 0.25) is 0 Å². The molecular formula is C21H31N3O. The number of piperazine rings is 1. The molecule has 4 rings (SSSR count). The maximum absolute atomic E-state index is 12.9. The zero-order valence-electron chi connectivity index (χ0n) is 15.5. The summed E-state index contributed by atoms with van der Waals surface area (Å²) in [5.41, 5.74) is 2.18. The highest BCUT2D eigenvalue weighted by molar-refractivity contribution is 5.94. The number of likely N-dealkylation sites (N-methyl/N-ethyl adjacent to an activating group) is 1. The normalized spacial score (nSPS) is 28.1. The summed E-state index contributed by atoms with van der Waals surface area (Å²) < 4.78 is 0. The van der Waals surface area contributed by atoms with Gasteiger partial charge < -0.3 is 9.80 Å². The highest BCUT2D eigenvalue weighted by Crippen LogP contribution is 2.34. The second-order valence-electron chi connectivity index (χ2n) is 8.39. The van der Waals surface area contributed by atoms with E-state index in [-0.39, 0.29) is 5.91 Å². The lowest BCUT2D eigenvalue weighted by Crippen LogP contribution is -2.45. The standard InChI is InChI=1S/C21H31N3O/c1-22-9-11-23(12-10-22)14-17-5-7-20(8-6-17)21(25)24-15-18-3-2-4-19(13-18)16-24/h5-8,18-19H,2-4,9-16H2,1H3/t18-,19-/m1/s1. The van der Waals surface area contributed by atoms with E-state index in [1.54, 1.807) is 0 Å². The maximum Gasteiger partial charge on any atom is 0.253 e. The van der Waals surface area contributed by atoms with E-state index in [1.807, 2.05) is 12.1 Å². The van der Waals surface area contributed by atoms with Crippen molar-refractivity contribution in [1.29, 1.82) is 0 Å². The Bertz CT molecular complexity index is 580. The van der Waals surface area contributed by atoms with Gasteiger partial charge in [-0.1, -0.05) is 18.6 Å². The van der Waals surface area contributed by atoms with Crippen LogP contribution in [-0.2, 0) is 6.54 Å². The molecule has 136 valence electrons. The van der Waals surface area contributed by atoms with Crippen LogP contribution in [0.25, 0.3) is 0 Å². The molecular weight excluding hydrogens is 310 g/mol. The SMILES string of the molecule is CN1CCN(Cc2ccc(C(=O)N3C[C@@H]4CCC[C@H](C4)C3)cc2)CC1. The quantitative estimate of drug-likeness (QED) is 0.846. The molecule has 0 unspecified atom stereocenters. The van der Waals surface area contributed by atoms with Crippen molar-refractivity contribution in [1.82, 2.24) is 14.7 Å².